The molecule has 1 atom stereocenters. The summed E-state index contributed by atoms with van der Waals surface area (Å²) in [6, 6.07) is 4.08. The summed E-state index contributed by atoms with van der Waals surface area (Å²) in [6.45, 7) is 7.20. The van der Waals surface area contributed by atoms with Gasteiger partial charge in [0.1, 0.15) is 0 Å². The molecule has 1 unspecified atom stereocenters. The molecule has 0 amide bonds. The number of hydrogen-bond acceptors (Lipinski definition) is 3. The highest BCUT2D eigenvalue weighted by Gasteiger charge is 2.32. The molecular weight excluding hydrogens is 322 g/mol. The van der Waals surface area contributed by atoms with E-state index in [1.165, 1.54) is 4.88 Å². The molecule has 1 fully saturated rings. The lowest BCUT2D eigenvalue weighted by Gasteiger charge is -2.42. The molecule has 5 heteroatoms. The Morgan fingerprint density at radius 1 is 1.59 bits per heavy atom. The number of ether oxygens (including phenoxy) is 1. The van der Waals surface area contributed by atoms with E-state index in [9.17, 15) is 0 Å². The van der Waals surface area contributed by atoms with Crippen LogP contribution in [0.4, 0.5) is 0 Å². The van der Waals surface area contributed by atoms with Gasteiger partial charge in [-0.2, -0.15) is 0 Å². The standard InChI is InChI=1S/C12H17BrClNOS/c1-12(2)8-15(6-9(5-13)16-12)7-10-3-4-11(14)17-10/h3-4,9H,5-8H2,1-2H3. The van der Waals surface area contributed by atoms with E-state index in [-0.39, 0.29) is 11.7 Å². The SMILES string of the molecule is CC1(C)CN(Cc2ccc(Cl)s2)CC(CBr)O1. The molecule has 0 N–H and O–H groups in total. The van der Waals surface area contributed by atoms with Gasteiger partial charge in [-0.25, -0.2) is 0 Å². The molecule has 0 aromatic carbocycles. The first kappa shape index (κ1) is 13.8. The maximum absolute atomic E-state index is 5.98. The van der Waals surface area contributed by atoms with Crippen molar-refractivity contribution in [3.8, 4) is 0 Å². The first-order chi connectivity index (χ1) is 7.98. The van der Waals surface area contributed by atoms with Crippen molar-refractivity contribution >= 4 is 38.9 Å². The van der Waals surface area contributed by atoms with Gasteiger partial charge in [-0.1, -0.05) is 27.5 Å². The summed E-state index contributed by atoms with van der Waals surface area (Å²) >= 11 is 11.1. The van der Waals surface area contributed by atoms with E-state index >= 15 is 0 Å². The Bertz CT molecular complexity index is 382. The van der Waals surface area contributed by atoms with Gasteiger partial charge >= 0.3 is 0 Å². The summed E-state index contributed by atoms with van der Waals surface area (Å²) in [5, 5.41) is 0.887. The zero-order valence-electron chi connectivity index (χ0n) is 10.1. The fraction of sp³-hybridized carbons (Fsp3) is 0.667. The lowest BCUT2D eigenvalue weighted by Crippen LogP contribution is -2.52. The summed E-state index contributed by atoms with van der Waals surface area (Å²) in [5.74, 6) is 0. The minimum Gasteiger partial charge on any atom is -0.369 e. The fourth-order valence-corrected chi connectivity index (χ4v) is 3.74. The Morgan fingerprint density at radius 2 is 2.35 bits per heavy atom. The molecule has 2 nitrogen and oxygen atoms in total. The molecular formula is C12H17BrClNOS. The summed E-state index contributed by atoms with van der Waals surface area (Å²) in [7, 11) is 0. The van der Waals surface area contributed by atoms with Crippen LogP contribution in [0, 0.1) is 0 Å². The van der Waals surface area contributed by atoms with Crippen LogP contribution in [0.1, 0.15) is 18.7 Å². The Labute approximate surface area is 120 Å². The van der Waals surface area contributed by atoms with Crippen molar-refractivity contribution < 1.29 is 4.74 Å². The topological polar surface area (TPSA) is 12.5 Å². The molecule has 1 aromatic heterocycles. The van der Waals surface area contributed by atoms with Crippen molar-refractivity contribution in [3.05, 3.63) is 21.3 Å². The highest BCUT2D eigenvalue weighted by Crippen LogP contribution is 2.27. The van der Waals surface area contributed by atoms with Gasteiger partial charge in [0.05, 0.1) is 16.0 Å². The Balaban J connectivity index is 2.00. The quantitative estimate of drug-likeness (QED) is 0.778. The fourth-order valence-electron chi connectivity index (χ4n) is 2.27. The van der Waals surface area contributed by atoms with Crippen molar-refractivity contribution in [3.63, 3.8) is 0 Å². The number of nitrogens with zero attached hydrogens (tertiary/aromatic N) is 1. The Kier molecular flexibility index (Phi) is 4.53. The lowest BCUT2D eigenvalue weighted by molar-refractivity contribution is -0.128. The van der Waals surface area contributed by atoms with Crippen LogP contribution in [-0.4, -0.2) is 35.0 Å². The van der Waals surface area contributed by atoms with Crippen LogP contribution in [0.2, 0.25) is 4.34 Å². The highest BCUT2D eigenvalue weighted by molar-refractivity contribution is 9.09. The van der Waals surface area contributed by atoms with Crippen LogP contribution in [0.25, 0.3) is 0 Å². The van der Waals surface area contributed by atoms with Crippen molar-refractivity contribution in [2.24, 2.45) is 0 Å². The molecule has 0 aliphatic carbocycles. The van der Waals surface area contributed by atoms with Gasteiger partial charge in [0, 0.05) is 29.8 Å². The van der Waals surface area contributed by atoms with E-state index in [4.69, 9.17) is 16.3 Å². The average molecular weight is 339 g/mol. The second-order valence-corrected chi connectivity index (χ2v) is 7.48. The Hall–Kier alpha value is 0.390. The first-order valence-corrected chi connectivity index (χ1v) is 8.00. The van der Waals surface area contributed by atoms with Crippen LogP contribution < -0.4 is 0 Å². The molecule has 2 rings (SSSR count). The molecule has 17 heavy (non-hydrogen) atoms. The predicted octanol–water partition coefficient (Wildman–Crippen LogP) is 3.78. The van der Waals surface area contributed by atoms with Crippen molar-refractivity contribution in [2.75, 3.05) is 18.4 Å². The first-order valence-electron chi connectivity index (χ1n) is 5.69. The van der Waals surface area contributed by atoms with Crippen LogP contribution in [0.3, 0.4) is 0 Å². The zero-order chi connectivity index (χ0) is 12.5. The van der Waals surface area contributed by atoms with E-state index in [1.54, 1.807) is 11.3 Å². The van der Waals surface area contributed by atoms with Crippen molar-refractivity contribution in [2.45, 2.75) is 32.1 Å². The van der Waals surface area contributed by atoms with Crippen molar-refractivity contribution in [1.29, 1.82) is 0 Å². The molecule has 2 heterocycles. The maximum Gasteiger partial charge on any atom is 0.0931 e. The molecule has 1 saturated heterocycles. The number of rotatable bonds is 3. The summed E-state index contributed by atoms with van der Waals surface area (Å²) in [5.41, 5.74) is -0.0717. The molecule has 1 aromatic rings. The van der Waals surface area contributed by atoms with Gasteiger partial charge in [-0.05, 0) is 26.0 Å². The summed E-state index contributed by atoms with van der Waals surface area (Å²) in [4.78, 5) is 3.76. The van der Waals surface area contributed by atoms with Gasteiger partial charge in [0.25, 0.3) is 0 Å². The van der Waals surface area contributed by atoms with Crippen LogP contribution in [-0.2, 0) is 11.3 Å². The number of morpholine rings is 1. The minimum atomic E-state index is -0.0717. The van der Waals surface area contributed by atoms with E-state index in [0.717, 1.165) is 29.3 Å². The molecule has 0 radical (unpaired) electrons. The maximum atomic E-state index is 5.98. The van der Waals surface area contributed by atoms with E-state index < -0.39 is 0 Å². The number of hydrogen-bond donors (Lipinski definition) is 0. The molecule has 0 saturated carbocycles. The third kappa shape index (κ3) is 3.93. The van der Waals surface area contributed by atoms with E-state index in [0.29, 0.717) is 0 Å². The average Bonchev–Trinajstić information content (AvgIpc) is 2.61. The lowest BCUT2D eigenvalue weighted by atomic mass is 10.1. The molecule has 0 bridgehead atoms. The number of alkyl halides is 1. The van der Waals surface area contributed by atoms with Gasteiger partial charge in [0.2, 0.25) is 0 Å². The summed E-state index contributed by atoms with van der Waals surface area (Å²) in [6.07, 6.45) is 0.272. The van der Waals surface area contributed by atoms with Crippen molar-refractivity contribution in [1.82, 2.24) is 4.90 Å². The van der Waals surface area contributed by atoms with E-state index in [2.05, 4.69) is 40.7 Å². The zero-order valence-corrected chi connectivity index (χ0v) is 13.2. The second kappa shape index (κ2) is 5.57. The van der Waals surface area contributed by atoms with Crippen LogP contribution in [0.5, 0.6) is 0 Å². The predicted molar refractivity (Wildman–Crippen MR) is 77.4 cm³/mol. The molecule has 96 valence electrons. The summed E-state index contributed by atoms with van der Waals surface area (Å²) < 4.78 is 6.85. The number of thiophene rings is 1. The van der Waals surface area contributed by atoms with Crippen LogP contribution in [0.15, 0.2) is 12.1 Å². The monoisotopic (exact) mass is 337 g/mol. The number of halogens is 2. The van der Waals surface area contributed by atoms with E-state index in [1.807, 2.05) is 6.07 Å². The van der Waals surface area contributed by atoms with Gasteiger partial charge < -0.3 is 4.74 Å². The molecule has 1 aliphatic rings. The minimum absolute atomic E-state index is 0.0717. The normalized spacial score (nSPS) is 25.1. The molecule has 1 aliphatic heterocycles. The largest absolute Gasteiger partial charge is 0.369 e. The highest BCUT2D eigenvalue weighted by atomic mass is 79.9. The van der Waals surface area contributed by atoms with Gasteiger partial charge in [-0.3, -0.25) is 4.90 Å². The van der Waals surface area contributed by atoms with Gasteiger partial charge in [-0.15, -0.1) is 11.3 Å². The Morgan fingerprint density at radius 3 is 2.94 bits per heavy atom. The smallest absolute Gasteiger partial charge is 0.0931 e. The second-order valence-electron chi connectivity index (χ2n) is 5.03. The molecule has 0 spiro atoms. The van der Waals surface area contributed by atoms with Gasteiger partial charge in [0.15, 0.2) is 0 Å². The third-order valence-electron chi connectivity index (χ3n) is 2.73. The third-order valence-corrected chi connectivity index (χ3v) is 4.67. The van der Waals surface area contributed by atoms with Crippen LogP contribution >= 0.6 is 38.9 Å².